The van der Waals surface area contributed by atoms with E-state index >= 15 is 0 Å². The molecule has 2 aromatic rings. The molecule has 102 valence electrons. The summed E-state index contributed by atoms with van der Waals surface area (Å²) < 4.78 is 0. The molecule has 0 aromatic heterocycles. The minimum Gasteiger partial charge on any atom is -0.299 e. The molecule has 0 heterocycles. The van der Waals surface area contributed by atoms with Crippen LogP contribution in [0.4, 0.5) is 0 Å². The average Bonchev–Trinajstić information content (AvgIpc) is 2.41. The maximum Gasteiger partial charge on any atom is 0.144 e. The summed E-state index contributed by atoms with van der Waals surface area (Å²) >= 11 is 1.57. The molecule has 0 aliphatic rings. The van der Waals surface area contributed by atoms with Crippen molar-refractivity contribution in [3.8, 4) is 0 Å². The van der Waals surface area contributed by atoms with Gasteiger partial charge in [-0.25, -0.2) is 0 Å². The monoisotopic (exact) mass is 284 g/mol. The van der Waals surface area contributed by atoms with Gasteiger partial charge in [-0.15, -0.1) is 0 Å². The van der Waals surface area contributed by atoms with Crippen LogP contribution in [0.1, 0.15) is 25.3 Å². The topological polar surface area (TPSA) is 34.1 Å². The van der Waals surface area contributed by atoms with Crippen LogP contribution in [0.25, 0.3) is 0 Å². The quantitative estimate of drug-likeness (QED) is 0.775. The molecule has 3 heteroatoms. The van der Waals surface area contributed by atoms with Crippen LogP contribution in [-0.2, 0) is 9.59 Å². The van der Waals surface area contributed by atoms with Gasteiger partial charge < -0.3 is 0 Å². The van der Waals surface area contributed by atoms with E-state index in [1.165, 1.54) is 13.8 Å². The molecule has 0 saturated carbocycles. The number of hydrogen-bond acceptors (Lipinski definition) is 3. The van der Waals surface area contributed by atoms with Crippen molar-refractivity contribution in [3.05, 3.63) is 60.2 Å². The van der Waals surface area contributed by atoms with Crippen molar-refractivity contribution in [1.82, 2.24) is 0 Å². The van der Waals surface area contributed by atoms with Crippen molar-refractivity contribution < 1.29 is 9.59 Å². The molecule has 0 radical (unpaired) electrons. The fourth-order valence-electron chi connectivity index (χ4n) is 2.15. The Morgan fingerprint density at radius 3 is 2.00 bits per heavy atom. The van der Waals surface area contributed by atoms with Crippen molar-refractivity contribution in [2.24, 2.45) is 0 Å². The summed E-state index contributed by atoms with van der Waals surface area (Å²) in [7, 11) is 0. The van der Waals surface area contributed by atoms with Gasteiger partial charge >= 0.3 is 0 Å². The van der Waals surface area contributed by atoms with E-state index in [0.29, 0.717) is 0 Å². The molecule has 0 amide bonds. The van der Waals surface area contributed by atoms with Gasteiger partial charge in [0, 0.05) is 9.79 Å². The molecule has 0 unspecified atom stereocenters. The van der Waals surface area contributed by atoms with E-state index in [1.807, 2.05) is 54.6 Å². The molecule has 2 rings (SSSR count). The Morgan fingerprint density at radius 2 is 1.40 bits per heavy atom. The van der Waals surface area contributed by atoms with Crippen molar-refractivity contribution in [3.63, 3.8) is 0 Å². The van der Waals surface area contributed by atoms with E-state index in [-0.39, 0.29) is 11.6 Å². The highest BCUT2D eigenvalue weighted by molar-refractivity contribution is 7.99. The van der Waals surface area contributed by atoms with E-state index in [1.54, 1.807) is 11.8 Å². The van der Waals surface area contributed by atoms with E-state index in [0.717, 1.165) is 15.4 Å². The Kier molecular flexibility index (Phi) is 4.74. The Balaban J connectivity index is 2.40. The van der Waals surface area contributed by atoms with Crippen LogP contribution in [0, 0.1) is 0 Å². The molecule has 0 saturated heterocycles. The lowest BCUT2D eigenvalue weighted by molar-refractivity contribution is -0.126. The fraction of sp³-hybridized carbons (Fsp3) is 0.176. The number of carbonyl (C=O) groups excluding carboxylic acids is 2. The zero-order valence-corrected chi connectivity index (χ0v) is 12.3. The van der Waals surface area contributed by atoms with Gasteiger partial charge in [0.05, 0.1) is 0 Å². The molecular formula is C17H16O2S. The summed E-state index contributed by atoms with van der Waals surface area (Å²) in [4.78, 5) is 25.6. The first-order valence-corrected chi connectivity index (χ1v) is 7.24. The zero-order valence-electron chi connectivity index (χ0n) is 11.5. The summed E-state index contributed by atoms with van der Waals surface area (Å²) in [5.41, 5.74) is 0.793. The molecule has 0 aliphatic heterocycles. The molecule has 0 fully saturated rings. The molecular weight excluding hydrogens is 268 g/mol. The number of carbonyl (C=O) groups is 2. The highest BCUT2D eigenvalue weighted by Gasteiger charge is 2.24. The van der Waals surface area contributed by atoms with E-state index < -0.39 is 5.92 Å². The van der Waals surface area contributed by atoms with Crippen LogP contribution in [0.2, 0.25) is 0 Å². The number of Topliss-reactive ketones (excluding diaryl/α,β-unsaturated/α-hetero) is 2. The highest BCUT2D eigenvalue weighted by atomic mass is 32.2. The largest absolute Gasteiger partial charge is 0.299 e. The standard InChI is InChI=1S/C17H16O2S/c1-12(18)17(13(2)19)15-10-6-7-11-16(15)20-14-8-4-3-5-9-14/h3-11,17H,1-2H3. The van der Waals surface area contributed by atoms with Crippen LogP contribution in [0.15, 0.2) is 64.4 Å². The van der Waals surface area contributed by atoms with Gasteiger partial charge in [-0.2, -0.15) is 0 Å². The Morgan fingerprint density at radius 1 is 0.850 bits per heavy atom. The Bertz CT molecular complexity index is 606. The fourth-order valence-corrected chi connectivity index (χ4v) is 3.15. The smallest absolute Gasteiger partial charge is 0.144 e. The lowest BCUT2D eigenvalue weighted by Crippen LogP contribution is -2.17. The van der Waals surface area contributed by atoms with Gasteiger partial charge in [-0.1, -0.05) is 48.2 Å². The SMILES string of the molecule is CC(=O)C(C(C)=O)c1ccccc1Sc1ccccc1. The van der Waals surface area contributed by atoms with Crippen LogP contribution < -0.4 is 0 Å². The molecule has 2 nitrogen and oxygen atoms in total. The average molecular weight is 284 g/mol. The minimum atomic E-state index is -0.664. The first-order valence-electron chi connectivity index (χ1n) is 6.42. The van der Waals surface area contributed by atoms with E-state index in [4.69, 9.17) is 0 Å². The molecule has 0 aliphatic carbocycles. The maximum absolute atomic E-state index is 11.8. The third-order valence-electron chi connectivity index (χ3n) is 3.01. The van der Waals surface area contributed by atoms with Gasteiger partial charge in [-0.3, -0.25) is 9.59 Å². The van der Waals surface area contributed by atoms with Crippen molar-refractivity contribution in [2.75, 3.05) is 0 Å². The minimum absolute atomic E-state index is 0.112. The predicted octanol–water partition coefficient (Wildman–Crippen LogP) is 4.10. The molecule has 20 heavy (non-hydrogen) atoms. The summed E-state index contributed by atoms with van der Waals surface area (Å²) in [5.74, 6) is -0.889. The third kappa shape index (κ3) is 3.36. The van der Waals surface area contributed by atoms with Gasteiger partial charge in [0.15, 0.2) is 0 Å². The van der Waals surface area contributed by atoms with Crippen molar-refractivity contribution in [2.45, 2.75) is 29.6 Å². The Labute approximate surface area is 123 Å². The number of hydrogen-bond donors (Lipinski definition) is 0. The molecule has 0 spiro atoms. The molecule has 0 bridgehead atoms. The summed E-state index contributed by atoms with van der Waals surface area (Å²) in [6.07, 6.45) is 0. The Hall–Kier alpha value is -1.87. The van der Waals surface area contributed by atoms with E-state index in [2.05, 4.69) is 0 Å². The van der Waals surface area contributed by atoms with Crippen LogP contribution >= 0.6 is 11.8 Å². The first-order chi connectivity index (χ1) is 9.59. The predicted molar refractivity (Wildman–Crippen MR) is 81.1 cm³/mol. The van der Waals surface area contributed by atoms with Gasteiger partial charge in [0.2, 0.25) is 0 Å². The van der Waals surface area contributed by atoms with Crippen LogP contribution in [-0.4, -0.2) is 11.6 Å². The third-order valence-corrected chi connectivity index (χ3v) is 4.11. The normalized spacial score (nSPS) is 10.6. The van der Waals surface area contributed by atoms with Crippen LogP contribution in [0.3, 0.4) is 0 Å². The highest BCUT2D eigenvalue weighted by Crippen LogP contribution is 2.34. The summed E-state index contributed by atoms with van der Waals surface area (Å²) in [6, 6.07) is 17.5. The second kappa shape index (κ2) is 6.53. The number of ketones is 2. The first kappa shape index (κ1) is 14.5. The molecule has 2 aromatic carbocycles. The molecule has 0 atom stereocenters. The second-order valence-electron chi connectivity index (χ2n) is 4.61. The summed E-state index contributed by atoms with van der Waals surface area (Å²) in [5, 5.41) is 0. The zero-order chi connectivity index (χ0) is 14.5. The lowest BCUT2D eigenvalue weighted by Gasteiger charge is -2.15. The van der Waals surface area contributed by atoms with Gasteiger partial charge in [0.1, 0.15) is 17.5 Å². The van der Waals surface area contributed by atoms with Gasteiger partial charge in [0.25, 0.3) is 0 Å². The summed E-state index contributed by atoms with van der Waals surface area (Å²) in [6.45, 7) is 2.94. The van der Waals surface area contributed by atoms with E-state index in [9.17, 15) is 9.59 Å². The van der Waals surface area contributed by atoms with Crippen molar-refractivity contribution >= 4 is 23.3 Å². The van der Waals surface area contributed by atoms with Gasteiger partial charge in [-0.05, 0) is 37.6 Å². The number of benzene rings is 2. The number of rotatable bonds is 5. The molecule has 0 N–H and O–H groups in total. The maximum atomic E-state index is 11.8. The second-order valence-corrected chi connectivity index (χ2v) is 5.72. The van der Waals surface area contributed by atoms with Crippen LogP contribution in [0.5, 0.6) is 0 Å². The van der Waals surface area contributed by atoms with Crippen molar-refractivity contribution in [1.29, 1.82) is 0 Å². The lowest BCUT2D eigenvalue weighted by atomic mass is 9.92.